The molecule has 8 heteroatoms. The van der Waals surface area contributed by atoms with Crippen LogP contribution >= 0.6 is 23.2 Å². The normalized spacial score (nSPS) is 17.0. The van der Waals surface area contributed by atoms with E-state index in [0.717, 1.165) is 24.2 Å². The molecule has 2 aliphatic rings. The highest BCUT2D eigenvalue weighted by atomic mass is 35.5. The minimum atomic E-state index is -0.249. The van der Waals surface area contributed by atoms with Crippen molar-refractivity contribution in [1.29, 1.82) is 0 Å². The number of urea groups is 1. The van der Waals surface area contributed by atoms with Gasteiger partial charge in [-0.2, -0.15) is 0 Å². The first-order valence-corrected chi connectivity index (χ1v) is 9.61. The van der Waals surface area contributed by atoms with Crippen molar-refractivity contribution in [3.8, 4) is 11.3 Å². The summed E-state index contributed by atoms with van der Waals surface area (Å²) in [5.74, 6) is 1.13. The Bertz CT molecular complexity index is 1060. The minimum absolute atomic E-state index is 0.0237. The van der Waals surface area contributed by atoms with E-state index in [1.54, 1.807) is 29.3 Å². The maximum Gasteiger partial charge on any atom is 0.330 e. The van der Waals surface area contributed by atoms with Gasteiger partial charge in [0.2, 0.25) is 0 Å². The molecule has 0 saturated carbocycles. The number of carbonyl (C=O) groups excluding carboxylic acids is 1. The van der Waals surface area contributed by atoms with Gasteiger partial charge in [0.25, 0.3) is 0 Å². The molecule has 5 rings (SSSR count). The van der Waals surface area contributed by atoms with Crippen molar-refractivity contribution in [2.45, 2.75) is 12.6 Å². The van der Waals surface area contributed by atoms with Crippen LogP contribution in [0.1, 0.15) is 6.42 Å². The van der Waals surface area contributed by atoms with Crippen molar-refractivity contribution >= 4 is 46.6 Å². The fourth-order valence-corrected chi connectivity index (χ4v) is 4.13. The molecular weight excluding hydrogens is 397 g/mol. The van der Waals surface area contributed by atoms with Crippen LogP contribution in [0.3, 0.4) is 0 Å². The predicted molar refractivity (Wildman–Crippen MR) is 111 cm³/mol. The number of nitrogens with zero attached hydrogens (tertiary/aromatic N) is 4. The Labute approximate surface area is 171 Å². The van der Waals surface area contributed by atoms with Gasteiger partial charge in [0, 0.05) is 34.8 Å². The smallest absolute Gasteiger partial charge is 0.330 e. The fourth-order valence-electron chi connectivity index (χ4n) is 3.61. The van der Waals surface area contributed by atoms with Crippen LogP contribution in [0.25, 0.3) is 11.3 Å². The van der Waals surface area contributed by atoms with E-state index in [-0.39, 0.29) is 12.2 Å². The summed E-state index contributed by atoms with van der Waals surface area (Å²) in [5, 5.41) is 3.93. The van der Waals surface area contributed by atoms with Gasteiger partial charge >= 0.3 is 6.03 Å². The molecule has 28 heavy (non-hydrogen) atoms. The molecule has 1 unspecified atom stereocenters. The highest BCUT2D eigenvalue weighted by Gasteiger charge is 2.46. The SMILES string of the molecule is O=C(Nc1ccccn1)N1c2nc(-c3cc(Cl)cc(Cl)c3)ccc2N2CCC21. The zero-order valence-electron chi connectivity index (χ0n) is 14.6. The quantitative estimate of drug-likeness (QED) is 0.641. The van der Waals surface area contributed by atoms with E-state index in [2.05, 4.69) is 15.2 Å². The second-order valence-electron chi connectivity index (χ2n) is 6.68. The number of carbonyl (C=O) groups is 1. The summed E-state index contributed by atoms with van der Waals surface area (Å²) >= 11 is 12.3. The number of hydrogen-bond donors (Lipinski definition) is 1. The summed E-state index contributed by atoms with van der Waals surface area (Å²) in [7, 11) is 0. The van der Waals surface area contributed by atoms with E-state index in [4.69, 9.17) is 28.2 Å². The molecule has 0 radical (unpaired) electrons. The third kappa shape index (κ3) is 2.85. The minimum Gasteiger partial charge on any atom is -0.347 e. The first-order valence-electron chi connectivity index (χ1n) is 8.85. The van der Waals surface area contributed by atoms with Gasteiger partial charge in [0.05, 0.1) is 11.4 Å². The van der Waals surface area contributed by atoms with E-state index >= 15 is 0 Å². The molecule has 0 bridgehead atoms. The van der Waals surface area contributed by atoms with Crippen LogP contribution in [-0.2, 0) is 0 Å². The highest BCUT2D eigenvalue weighted by Crippen LogP contribution is 2.45. The number of fused-ring (bicyclic) bond motifs is 3. The van der Waals surface area contributed by atoms with Crippen LogP contribution in [0.5, 0.6) is 0 Å². The molecular formula is C20H15Cl2N5O. The van der Waals surface area contributed by atoms with Gasteiger partial charge in [-0.3, -0.25) is 10.2 Å². The number of nitrogens with one attached hydrogen (secondary N) is 1. The summed E-state index contributed by atoms with van der Waals surface area (Å²) in [6.45, 7) is 0.898. The van der Waals surface area contributed by atoms with Crippen LogP contribution in [0.4, 0.5) is 22.1 Å². The number of aromatic nitrogens is 2. The molecule has 2 aromatic heterocycles. The van der Waals surface area contributed by atoms with Crippen molar-refractivity contribution in [2.75, 3.05) is 21.7 Å². The topological polar surface area (TPSA) is 61.4 Å². The van der Waals surface area contributed by atoms with Gasteiger partial charge in [0.1, 0.15) is 12.0 Å². The fraction of sp³-hybridized carbons (Fsp3) is 0.150. The van der Waals surface area contributed by atoms with Crippen LogP contribution in [-0.4, -0.2) is 28.7 Å². The zero-order chi connectivity index (χ0) is 19.3. The van der Waals surface area contributed by atoms with Crippen LogP contribution < -0.4 is 15.1 Å². The lowest BCUT2D eigenvalue weighted by molar-refractivity contribution is 0.252. The second-order valence-corrected chi connectivity index (χ2v) is 7.55. The molecule has 2 amide bonds. The van der Waals surface area contributed by atoms with Crippen molar-refractivity contribution in [1.82, 2.24) is 9.97 Å². The summed E-state index contributed by atoms with van der Waals surface area (Å²) in [4.78, 5) is 25.8. The monoisotopic (exact) mass is 411 g/mol. The summed E-state index contributed by atoms with van der Waals surface area (Å²) < 4.78 is 0. The molecule has 1 atom stereocenters. The number of pyridine rings is 2. The molecule has 2 aliphatic heterocycles. The van der Waals surface area contributed by atoms with Crippen molar-refractivity contribution in [3.05, 3.63) is 64.8 Å². The Hall–Kier alpha value is -2.83. The average molecular weight is 412 g/mol. The zero-order valence-corrected chi connectivity index (χ0v) is 16.2. The van der Waals surface area contributed by atoms with Crippen molar-refractivity contribution < 1.29 is 4.79 Å². The molecule has 4 heterocycles. The maximum atomic E-state index is 13.0. The van der Waals surface area contributed by atoms with Gasteiger partial charge in [-0.25, -0.2) is 14.8 Å². The predicted octanol–water partition coefficient (Wildman–Crippen LogP) is 5.04. The van der Waals surface area contributed by atoms with E-state index < -0.39 is 0 Å². The lowest BCUT2D eigenvalue weighted by Crippen LogP contribution is -2.56. The van der Waals surface area contributed by atoms with Gasteiger partial charge in [0.15, 0.2) is 5.82 Å². The Morgan fingerprint density at radius 3 is 2.61 bits per heavy atom. The van der Waals surface area contributed by atoms with E-state index in [9.17, 15) is 4.79 Å². The number of hydrogen-bond acceptors (Lipinski definition) is 4. The number of anilines is 3. The van der Waals surface area contributed by atoms with Gasteiger partial charge in [-0.15, -0.1) is 0 Å². The number of halogens is 2. The lowest BCUT2D eigenvalue weighted by atomic mass is 10.1. The number of benzene rings is 1. The van der Waals surface area contributed by atoms with Crippen molar-refractivity contribution in [3.63, 3.8) is 0 Å². The maximum absolute atomic E-state index is 13.0. The Morgan fingerprint density at radius 1 is 1.11 bits per heavy atom. The summed E-state index contributed by atoms with van der Waals surface area (Å²) in [6.07, 6.45) is 2.51. The molecule has 1 saturated heterocycles. The van der Waals surface area contributed by atoms with E-state index in [0.29, 0.717) is 27.4 Å². The molecule has 1 fully saturated rings. The first-order chi connectivity index (χ1) is 13.6. The second kappa shape index (κ2) is 6.65. The molecule has 3 aromatic rings. The average Bonchev–Trinajstić information content (AvgIpc) is 2.87. The van der Waals surface area contributed by atoms with Gasteiger partial charge < -0.3 is 4.90 Å². The van der Waals surface area contributed by atoms with Crippen molar-refractivity contribution in [2.24, 2.45) is 0 Å². The first kappa shape index (κ1) is 17.3. The molecule has 0 spiro atoms. The third-order valence-electron chi connectivity index (χ3n) is 4.96. The molecule has 1 aromatic carbocycles. The molecule has 1 N–H and O–H groups in total. The Balaban J connectivity index is 1.52. The van der Waals surface area contributed by atoms with Crippen LogP contribution in [0, 0.1) is 0 Å². The highest BCUT2D eigenvalue weighted by molar-refractivity contribution is 6.35. The van der Waals surface area contributed by atoms with Gasteiger partial charge in [-0.05, 0) is 42.5 Å². The molecule has 140 valence electrons. The number of amides is 2. The lowest BCUT2D eigenvalue weighted by Gasteiger charge is -2.39. The Kier molecular flexibility index (Phi) is 4.10. The molecule has 0 aliphatic carbocycles. The largest absolute Gasteiger partial charge is 0.347 e. The van der Waals surface area contributed by atoms with Crippen LogP contribution in [0.2, 0.25) is 10.0 Å². The van der Waals surface area contributed by atoms with E-state index in [1.807, 2.05) is 30.3 Å². The molecule has 6 nitrogen and oxygen atoms in total. The standard InChI is InChI=1S/C20H15Cl2N5O/c21-13-9-12(10-14(22)11-13)15-4-5-16-19(24-15)27(18-6-8-26(16)18)20(28)25-17-3-1-2-7-23-17/h1-5,7,9-11,18H,6,8H2,(H,23,25,28). The summed E-state index contributed by atoms with van der Waals surface area (Å²) in [5.41, 5.74) is 2.46. The summed E-state index contributed by atoms with van der Waals surface area (Å²) in [6, 6.07) is 14.4. The van der Waals surface area contributed by atoms with E-state index in [1.165, 1.54) is 0 Å². The Morgan fingerprint density at radius 2 is 1.93 bits per heavy atom. The van der Waals surface area contributed by atoms with Crippen LogP contribution in [0.15, 0.2) is 54.7 Å². The van der Waals surface area contributed by atoms with Gasteiger partial charge in [-0.1, -0.05) is 29.3 Å². The third-order valence-corrected chi connectivity index (χ3v) is 5.39. The number of rotatable bonds is 2.